The van der Waals surface area contributed by atoms with Gasteiger partial charge in [-0.05, 0) is 30.5 Å². The fraction of sp³-hybridized carbons (Fsp3) is 0.529. The molecule has 1 aliphatic heterocycles. The van der Waals surface area contributed by atoms with Crippen LogP contribution in [0, 0.1) is 0 Å². The van der Waals surface area contributed by atoms with Crippen molar-refractivity contribution in [2.45, 2.75) is 25.5 Å². The summed E-state index contributed by atoms with van der Waals surface area (Å²) >= 11 is 0. The smallest absolute Gasteiger partial charge is 0.248 e. The van der Waals surface area contributed by atoms with Crippen molar-refractivity contribution in [1.82, 2.24) is 10.6 Å². The fourth-order valence-electron chi connectivity index (χ4n) is 2.37. The number of nitrogens with zero attached hydrogens (tertiary/aromatic N) is 1. The van der Waals surface area contributed by atoms with Crippen LogP contribution in [0.5, 0.6) is 0 Å². The number of benzene rings is 1. The zero-order chi connectivity index (χ0) is 17.2. The van der Waals surface area contributed by atoms with Gasteiger partial charge >= 0.3 is 0 Å². The predicted molar refractivity (Wildman–Crippen MR) is 93.0 cm³/mol. The van der Waals surface area contributed by atoms with E-state index in [4.69, 9.17) is 15.2 Å². The molecule has 0 aliphatic carbocycles. The van der Waals surface area contributed by atoms with E-state index in [-0.39, 0.29) is 6.10 Å². The predicted octanol–water partition coefficient (Wildman–Crippen LogP) is 0.646. The highest BCUT2D eigenvalue weighted by Gasteiger charge is 2.15. The Bertz CT molecular complexity index is 539. The van der Waals surface area contributed by atoms with Gasteiger partial charge < -0.3 is 25.8 Å². The second-order valence-corrected chi connectivity index (χ2v) is 5.62. The van der Waals surface area contributed by atoms with E-state index in [0.717, 1.165) is 37.5 Å². The van der Waals surface area contributed by atoms with Gasteiger partial charge in [-0.15, -0.1) is 0 Å². The molecule has 1 unspecified atom stereocenters. The molecule has 4 N–H and O–H groups in total. The van der Waals surface area contributed by atoms with Crippen molar-refractivity contribution in [3.05, 3.63) is 35.4 Å². The van der Waals surface area contributed by atoms with Crippen LogP contribution in [0.3, 0.4) is 0 Å². The van der Waals surface area contributed by atoms with Crippen LogP contribution in [0.15, 0.2) is 29.3 Å². The highest BCUT2D eigenvalue weighted by atomic mass is 16.5. The molecule has 1 aromatic carbocycles. The molecule has 0 spiro atoms. The zero-order valence-electron chi connectivity index (χ0n) is 14.1. The first kappa shape index (κ1) is 18.2. The number of nitrogens with two attached hydrogens (primary N) is 1. The number of amides is 1. The summed E-state index contributed by atoms with van der Waals surface area (Å²) in [5.41, 5.74) is 6.78. The number of aliphatic imine (C=N–C) groups is 1. The van der Waals surface area contributed by atoms with Gasteiger partial charge in [0.1, 0.15) is 0 Å². The van der Waals surface area contributed by atoms with Crippen LogP contribution in [-0.2, 0) is 16.0 Å². The standard InChI is InChI=1S/C17H26N4O3/c1-19-17(20-8-2-9-24-15-7-10-23-12-15)21-11-13-3-5-14(6-4-13)16(18)22/h3-6,15H,2,7-12H2,1H3,(H2,18,22)(H2,19,20,21). The summed E-state index contributed by atoms with van der Waals surface area (Å²) in [6.07, 6.45) is 2.15. The van der Waals surface area contributed by atoms with Crippen LogP contribution in [0.4, 0.5) is 0 Å². The maximum atomic E-state index is 11.0. The maximum absolute atomic E-state index is 11.0. The molecule has 7 heteroatoms. The summed E-state index contributed by atoms with van der Waals surface area (Å²) in [7, 11) is 1.73. The number of guanidine groups is 1. The Morgan fingerprint density at radius 1 is 1.38 bits per heavy atom. The molecular weight excluding hydrogens is 308 g/mol. The molecule has 24 heavy (non-hydrogen) atoms. The van der Waals surface area contributed by atoms with E-state index in [1.165, 1.54) is 0 Å². The van der Waals surface area contributed by atoms with E-state index in [1.54, 1.807) is 19.2 Å². The van der Waals surface area contributed by atoms with Gasteiger partial charge in [0, 0.05) is 38.9 Å². The van der Waals surface area contributed by atoms with Gasteiger partial charge in [0.2, 0.25) is 5.91 Å². The minimum Gasteiger partial charge on any atom is -0.379 e. The first-order valence-corrected chi connectivity index (χ1v) is 8.21. The molecule has 7 nitrogen and oxygen atoms in total. The summed E-state index contributed by atoms with van der Waals surface area (Å²) < 4.78 is 11.0. The molecule has 0 saturated carbocycles. The lowest BCUT2D eigenvalue weighted by Crippen LogP contribution is -2.37. The summed E-state index contributed by atoms with van der Waals surface area (Å²) in [6.45, 7) is 3.64. The largest absolute Gasteiger partial charge is 0.379 e. The third-order valence-electron chi connectivity index (χ3n) is 3.78. The normalized spacial score (nSPS) is 17.7. The first-order valence-electron chi connectivity index (χ1n) is 8.21. The lowest BCUT2D eigenvalue weighted by atomic mass is 10.1. The van der Waals surface area contributed by atoms with Crippen LogP contribution < -0.4 is 16.4 Å². The lowest BCUT2D eigenvalue weighted by molar-refractivity contribution is 0.0420. The molecule has 132 valence electrons. The molecule has 1 amide bonds. The van der Waals surface area contributed by atoms with Crippen LogP contribution >= 0.6 is 0 Å². The zero-order valence-corrected chi connectivity index (χ0v) is 14.1. The molecule has 1 atom stereocenters. The Kier molecular flexibility index (Phi) is 7.51. The van der Waals surface area contributed by atoms with Gasteiger partial charge in [0.25, 0.3) is 0 Å². The molecular formula is C17H26N4O3. The van der Waals surface area contributed by atoms with Gasteiger partial charge in [0.15, 0.2) is 5.96 Å². The summed E-state index contributed by atoms with van der Waals surface area (Å²) in [4.78, 5) is 15.2. The van der Waals surface area contributed by atoms with E-state index >= 15 is 0 Å². The van der Waals surface area contributed by atoms with Crippen molar-refractivity contribution >= 4 is 11.9 Å². The number of carbonyl (C=O) groups is 1. The van der Waals surface area contributed by atoms with Crippen molar-refractivity contribution in [2.75, 3.05) is 33.4 Å². The second kappa shape index (κ2) is 9.89. The topological polar surface area (TPSA) is 98.0 Å². The highest BCUT2D eigenvalue weighted by Crippen LogP contribution is 2.08. The minimum absolute atomic E-state index is 0.255. The molecule has 1 aliphatic rings. The van der Waals surface area contributed by atoms with Crippen molar-refractivity contribution < 1.29 is 14.3 Å². The van der Waals surface area contributed by atoms with E-state index in [2.05, 4.69) is 15.6 Å². The Morgan fingerprint density at radius 2 is 2.17 bits per heavy atom. The van der Waals surface area contributed by atoms with Crippen molar-refractivity contribution in [3.63, 3.8) is 0 Å². The summed E-state index contributed by atoms with van der Waals surface area (Å²) in [5.74, 6) is 0.316. The second-order valence-electron chi connectivity index (χ2n) is 5.62. The number of carbonyl (C=O) groups excluding carboxylic acids is 1. The van der Waals surface area contributed by atoms with Gasteiger partial charge in [-0.25, -0.2) is 0 Å². The average Bonchev–Trinajstić information content (AvgIpc) is 3.11. The SMILES string of the molecule is CN=C(NCCCOC1CCOC1)NCc1ccc(C(N)=O)cc1. The molecule has 0 aromatic heterocycles. The van der Waals surface area contributed by atoms with Crippen LogP contribution in [0.25, 0.3) is 0 Å². The van der Waals surface area contributed by atoms with Crippen LogP contribution in [0.2, 0.25) is 0 Å². The fourth-order valence-corrected chi connectivity index (χ4v) is 2.37. The third-order valence-corrected chi connectivity index (χ3v) is 3.78. The molecule has 2 rings (SSSR count). The molecule has 1 aromatic rings. The Hall–Kier alpha value is -2.12. The number of hydrogen-bond donors (Lipinski definition) is 3. The summed E-state index contributed by atoms with van der Waals surface area (Å²) in [6, 6.07) is 7.19. The molecule has 0 bridgehead atoms. The van der Waals surface area contributed by atoms with Crippen molar-refractivity contribution in [3.8, 4) is 0 Å². The Morgan fingerprint density at radius 3 is 2.79 bits per heavy atom. The molecule has 0 radical (unpaired) electrons. The lowest BCUT2D eigenvalue weighted by Gasteiger charge is -2.13. The third kappa shape index (κ3) is 6.17. The van der Waals surface area contributed by atoms with Gasteiger partial charge in [-0.1, -0.05) is 12.1 Å². The van der Waals surface area contributed by atoms with Gasteiger partial charge in [-0.2, -0.15) is 0 Å². The molecule has 1 saturated heterocycles. The molecule has 1 heterocycles. The Labute approximate surface area is 142 Å². The van der Waals surface area contributed by atoms with Crippen LogP contribution in [0.1, 0.15) is 28.8 Å². The number of rotatable bonds is 8. The van der Waals surface area contributed by atoms with Gasteiger partial charge in [-0.3, -0.25) is 9.79 Å². The Balaban J connectivity index is 1.62. The van der Waals surface area contributed by atoms with Gasteiger partial charge in [0.05, 0.1) is 12.7 Å². The maximum Gasteiger partial charge on any atom is 0.248 e. The number of ether oxygens (including phenoxy) is 2. The number of hydrogen-bond acceptors (Lipinski definition) is 4. The minimum atomic E-state index is -0.418. The monoisotopic (exact) mass is 334 g/mol. The molecule has 1 fully saturated rings. The number of nitrogens with one attached hydrogen (secondary N) is 2. The van der Waals surface area contributed by atoms with Crippen molar-refractivity contribution in [1.29, 1.82) is 0 Å². The summed E-state index contributed by atoms with van der Waals surface area (Å²) in [5, 5.41) is 6.48. The van der Waals surface area contributed by atoms with E-state index < -0.39 is 5.91 Å². The van der Waals surface area contributed by atoms with E-state index in [0.29, 0.717) is 25.3 Å². The van der Waals surface area contributed by atoms with E-state index in [1.807, 2.05) is 12.1 Å². The number of primary amides is 1. The van der Waals surface area contributed by atoms with Crippen LogP contribution in [-0.4, -0.2) is 51.4 Å². The highest BCUT2D eigenvalue weighted by molar-refractivity contribution is 5.92. The van der Waals surface area contributed by atoms with Crippen molar-refractivity contribution in [2.24, 2.45) is 10.7 Å². The quantitative estimate of drug-likeness (QED) is 0.368. The first-order chi connectivity index (χ1) is 11.7. The van der Waals surface area contributed by atoms with E-state index in [9.17, 15) is 4.79 Å². The average molecular weight is 334 g/mol.